The van der Waals surface area contributed by atoms with Gasteiger partial charge in [-0.05, 0) is 29.8 Å². The summed E-state index contributed by atoms with van der Waals surface area (Å²) in [7, 11) is 0. The van der Waals surface area contributed by atoms with Crippen molar-refractivity contribution in [3.63, 3.8) is 0 Å². The van der Waals surface area contributed by atoms with Crippen LogP contribution in [-0.4, -0.2) is 24.0 Å². The second kappa shape index (κ2) is 9.06. The van der Waals surface area contributed by atoms with Gasteiger partial charge in [-0.25, -0.2) is 9.55 Å². The van der Waals surface area contributed by atoms with Gasteiger partial charge in [0.25, 0.3) is 11.7 Å². The third kappa shape index (κ3) is 4.82. The van der Waals surface area contributed by atoms with Crippen molar-refractivity contribution in [1.82, 2.24) is 10.3 Å². The van der Waals surface area contributed by atoms with E-state index in [2.05, 4.69) is 51.3 Å². The molecule has 0 radical (unpaired) electrons. The maximum absolute atomic E-state index is 12.1. The molecule has 0 bridgehead atoms. The highest BCUT2D eigenvalue weighted by molar-refractivity contribution is 5.77. The van der Waals surface area contributed by atoms with Crippen molar-refractivity contribution in [2.24, 2.45) is 0 Å². The minimum Gasteiger partial charge on any atom is -0.484 e. The zero-order valence-corrected chi connectivity index (χ0v) is 16.2. The smallest absolute Gasteiger partial charge is 0.257 e. The zero-order valence-electron chi connectivity index (χ0n) is 16.2. The van der Waals surface area contributed by atoms with Gasteiger partial charge in [-0.3, -0.25) is 4.79 Å². The summed E-state index contributed by atoms with van der Waals surface area (Å²) in [5.74, 6) is 1.65. The van der Waals surface area contributed by atoms with E-state index < -0.39 is 0 Å². The van der Waals surface area contributed by atoms with Gasteiger partial charge < -0.3 is 10.1 Å². The molecule has 0 unspecified atom stereocenters. The molecular formula is C24H24N3O2+. The lowest BCUT2D eigenvalue weighted by molar-refractivity contribution is -0.669. The fourth-order valence-electron chi connectivity index (χ4n) is 3.36. The Balaban J connectivity index is 1.39. The quantitative estimate of drug-likeness (QED) is 0.457. The molecule has 3 aromatic carbocycles. The fraction of sp³-hybridized carbons (Fsp3) is 0.167. The maximum atomic E-state index is 12.1. The highest BCUT2D eigenvalue weighted by Crippen LogP contribution is 2.11. The van der Waals surface area contributed by atoms with Crippen molar-refractivity contribution < 1.29 is 14.1 Å². The van der Waals surface area contributed by atoms with Gasteiger partial charge >= 0.3 is 0 Å². The molecule has 1 aromatic heterocycles. The summed E-state index contributed by atoms with van der Waals surface area (Å²) in [6, 6.07) is 28.0. The topological polar surface area (TPSA) is 58.0 Å². The molecule has 0 spiro atoms. The number of carbonyl (C=O) groups excluding carboxylic acids is 1. The molecule has 0 aliphatic carbocycles. The number of nitrogens with one attached hydrogen (secondary N) is 2. The molecule has 2 N–H and O–H groups in total. The summed E-state index contributed by atoms with van der Waals surface area (Å²) in [4.78, 5) is 15.6. The Bertz CT molecular complexity index is 1080. The third-order valence-corrected chi connectivity index (χ3v) is 4.78. The van der Waals surface area contributed by atoms with Crippen LogP contribution in [-0.2, 0) is 17.8 Å². The van der Waals surface area contributed by atoms with Crippen molar-refractivity contribution in [2.45, 2.75) is 13.0 Å². The number of rotatable bonds is 8. The summed E-state index contributed by atoms with van der Waals surface area (Å²) in [6.07, 6.45) is 0.707. The van der Waals surface area contributed by atoms with E-state index in [9.17, 15) is 4.79 Å². The standard InChI is InChI=1S/C24H23N3O2/c28-24(18-29-20-11-5-2-6-12-20)25-16-15-23-26-21-13-7-8-14-22(21)27(23)17-19-9-3-1-4-10-19/h1-14H,15-18H2,(H,25,28)/p+1. The van der Waals surface area contributed by atoms with Crippen LogP contribution in [0.2, 0.25) is 0 Å². The number of aromatic amines is 1. The fourth-order valence-corrected chi connectivity index (χ4v) is 3.36. The van der Waals surface area contributed by atoms with E-state index in [0.717, 1.165) is 23.4 Å². The Morgan fingerprint density at radius 1 is 0.897 bits per heavy atom. The number of amides is 1. The minimum atomic E-state index is -0.125. The summed E-state index contributed by atoms with van der Waals surface area (Å²) in [5, 5.41) is 2.94. The van der Waals surface area contributed by atoms with Crippen LogP contribution in [0, 0.1) is 0 Å². The van der Waals surface area contributed by atoms with Crippen LogP contribution in [0.15, 0.2) is 84.9 Å². The van der Waals surface area contributed by atoms with Crippen LogP contribution in [0.4, 0.5) is 0 Å². The first-order valence-electron chi connectivity index (χ1n) is 9.77. The molecule has 0 fully saturated rings. The van der Waals surface area contributed by atoms with Crippen LogP contribution in [0.25, 0.3) is 11.0 Å². The molecule has 0 saturated heterocycles. The predicted molar refractivity (Wildman–Crippen MR) is 113 cm³/mol. The van der Waals surface area contributed by atoms with Crippen LogP contribution in [0.3, 0.4) is 0 Å². The number of hydrogen-bond acceptors (Lipinski definition) is 2. The second-order valence-electron chi connectivity index (χ2n) is 6.86. The number of nitrogens with zero attached hydrogens (tertiary/aromatic N) is 1. The third-order valence-electron chi connectivity index (χ3n) is 4.78. The number of hydrogen-bond donors (Lipinski definition) is 2. The molecule has 5 nitrogen and oxygen atoms in total. The average Bonchev–Trinajstić information content (AvgIpc) is 3.11. The van der Waals surface area contributed by atoms with E-state index in [4.69, 9.17) is 4.74 Å². The maximum Gasteiger partial charge on any atom is 0.257 e. The predicted octanol–water partition coefficient (Wildman–Crippen LogP) is 3.24. The number of fused-ring (bicyclic) bond motifs is 1. The Morgan fingerprint density at radius 3 is 2.38 bits per heavy atom. The summed E-state index contributed by atoms with van der Waals surface area (Å²) in [5.41, 5.74) is 3.49. The van der Waals surface area contributed by atoms with Gasteiger partial charge in [0.2, 0.25) is 0 Å². The van der Waals surface area contributed by atoms with E-state index in [-0.39, 0.29) is 12.5 Å². The van der Waals surface area contributed by atoms with Crippen molar-refractivity contribution in [2.75, 3.05) is 13.2 Å². The second-order valence-corrected chi connectivity index (χ2v) is 6.86. The van der Waals surface area contributed by atoms with E-state index in [1.54, 1.807) is 0 Å². The minimum absolute atomic E-state index is 0.0146. The Hall–Kier alpha value is -3.60. The van der Waals surface area contributed by atoms with E-state index in [1.165, 1.54) is 5.56 Å². The lowest BCUT2D eigenvalue weighted by Gasteiger charge is -2.07. The van der Waals surface area contributed by atoms with Crippen molar-refractivity contribution >= 4 is 16.9 Å². The van der Waals surface area contributed by atoms with Gasteiger partial charge in [0.15, 0.2) is 17.6 Å². The Labute approximate surface area is 170 Å². The molecule has 29 heavy (non-hydrogen) atoms. The Kier molecular flexibility index (Phi) is 5.86. The molecule has 4 rings (SSSR count). The first kappa shape index (κ1) is 18.7. The average molecular weight is 386 g/mol. The molecule has 1 heterocycles. The molecule has 4 aromatic rings. The largest absolute Gasteiger partial charge is 0.484 e. The molecule has 0 aliphatic heterocycles. The molecule has 0 atom stereocenters. The molecular weight excluding hydrogens is 362 g/mol. The zero-order chi connectivity index (χ0) is 19.9. The van der Waals surface area contributed by atoms with Gasteiger partial charge in [-0.15, -0.1) is 0 Å². The van der Waals surface area contributed by atoms with Gasteiger partial charge in [0.05, 0.1) is 6.42 Å². The number of carbonyl (C=O) groups is 1. The summed E-state index contributed by atoms with van der Waals surface area (Å²) in [6.45, 7) is 1.34. The van der Waals surface area contributed by atoms with Gasteiger partial charge in [-0.2, -0.15) is 0 Å². The molecule has 5 heteroatoms. The number of aromatic nitrogens is 2. The number of imidazole rings is 1. The first-order valence-corrected chi connectivity index (χ1v) is 9.77. The van der Waals surface area contributed by atoms with Crippen LogP contribution >= 0.6 is 0 Å². The van der Waals surface area contributed by atoms with Gasteiger partial charge in [-0.1, -0.05) is 60.7 Å². The van der Waals surface area contributed by atoms with E-state index >= 15 is 0 Å². The van der Waals surface area contributed by atoms with Gasteiger partial charge in [0.1, 0.15) is 12.3 Å². The van der Waals surface area contributed by atoms with Crippen molar-refractivity contribution in [1.29, 1.82) is 0 Å². The monoisotopic (exact) mass is 386 g/mol. The summed E-state index contributed by atoms with van der Waals surface area (Å²) >= 11 is 0. The number of H-pyrrole nitrogens is 1. The SMILES string of the molecule is O=C(COc1ccccc1)NCCc1[nH]c2ccccc2[n+]1Cc1ccccc1. The summed E-state index contributed by atoms with van der Waals surface area (Å²) < 4.78 is 7.77. The number of benzene rings is 3. The highest BCUT2D eigenvalue weighted by atomic mass is 16.5. The van der Waals surface area contributed by atoms with Crippen molar-refractivity contribution in [3.8, 4) is 5.75 Å². The number of para-hydroxylation sites is 3. The normalized spacial score (nSPS) is 10.8. The lowest BCUT2D eigenvalue weighted by Crippen LogP contribution is -2.39. The van der Waals surface area contributed by atoms with Gasteiger partial charge in [0, 0.05) is 6.54 Å². The molecule has 0 aliphatic rings. The van der Waals surface area contributed by atoms with Crippen LogP contribution in [0.1, 0.15) is 11.4 Å². The Morgan fingerprint density at radius 2 is 1.59 bits per heavy atom. The highest BCUT2D eigenvalue weighted by Gasteiger charge is 2.18. The van der Waals surface area contributed by atoms with Crippen LogP contribution in [0.5, 0.6) is 5.75 Å². The molecule has 1 amide bonds. The number of ether oxygens (including phenoxy) is 1. The van der Waals surface area contributed by atoms with Crippen LogP contribution < -0.4 is 14.6 Å². The van der Waals surface area contributed by atoms with E-state index in [0.29, 0.717) is 18.7 Å². The van der Waals surface area contributed by atoms with Crippen molar-refractivity contribution in [3.05, 3.63) is 96.3 Å². The lowest BCUT2D eigenvalue weighted by atomic mass is 10.2. The first-order chi connectivity index (χ1) is 14.3. The molecule has 0 saturated carbocycles. The van der Waals surface area contributed by atoms with E-state index in [1.807, 2.05) is 48.5 Å². The molecule has 146 valence electrons.